The molecule has 0 heterocycles. The Balaban J connectivity index is 0.000000206. The van der Waals surface area contributed by atoms with Gasteiger partial charge in [0, 0.05) is 6.21 Å². The monoisotopic (exact) mass is 499 g/mol. The van der Waals surface area contributed by atoms with Gasteiger partial charge in [-0.05, 0) is 78.1 Å². The van der Waals surface area contributed by atoms with E-state index in [-0.39, 0.29) is 12.4 Å². The molecule has 0 aliphatic rings. The number of aliphatic imine (C=N–C) groups is 1. The number of methoxy groups -OCH3 is 2. The number of hydrogen-bond acceptors (Lipinski definition) is 6. The predicted octanol–water partition coefficient (Wildman–Crippen LogP) is 6.53. The molecule has 6 heteroatoms. The molecular formula is C31H33NO5. The molecular weight excluding hydrogens is 466 g/mol. The zero-order valence-electron chi connectivity index (χ0n) is 21.6. The van der Waals surface area contributed by atoms with Crippen molar-refractivity contribution in [2.75, 3.05) is 14.2 Å². The highest BCUT2D eigenvalue weighted by atomic mass is 16.5. The summed E-state index contributed by atoms with van der Waals surface area (Å²) in [6.45, 7) is 4.57. The highest BCUT2D eigenvalue weighted by Gasteiger charge is 2.07. The molecule has 4 aromatic rings. The minimum atomic E-state index is -0.00552. The number of benzene rings is 4. The largest absolute Gasteiger partial charge is 0.504 e. The third-order valence-corrected chi connectivity index (χ3v) is 5.73. The van der Waals surface area contributed by atoms with E-state index in [1.54, 1.807) is 37.6 Å². The van der Waals surface area contributed by atoms with Crippen molar-refractivity contribution in [1.82, 2.24) is 0 Å². The first-order valence-electron chi connectivity index (χ1n) is 11.9. The fraction of sp³-hybridized carbons (Fsp3) is 0.194. The minimum Gasteiger partial charge on any atom is -0.504 e. The molecule has 6 nitrogen and oxygen atoms in total. The predicted molar refractivity (Wildman–Crippen MR) is 148 cm³/mol. The Kier molecular flexibility index (Phi) is 10.1. The van der Waals surface area contributed by atoms with E-state index in [4.69, 9.17) is 19.3 Å². The van der Waals surface area contributed by atoms with Crippen molar-refractivity contribution >= 4 is 11.9 Å². The van der Waals surface area contributed by atoms with Crippen molar-refractivity contribution in [2.24, 2.45) is 4.99 Å². The Morgan fingerprint density at radius 3 is 2.14 bits per heavy atom. The third-order valence-electron chi connectivity index (χ3n) is 5.73. The first-order chi connectivity index (χ1) is 17.9. The number of rotatable bonds is 8. The maximum absolute atomic E-state index is 9.49. The average Bonchev–Trinajstić information content (AvgIpc) is 2.93. The van der Waals surface area contributed by atoms with Crippen LogP contribution in [0.1, 0.15) is 27.8 Å². The maximum Gasteiger partial charge on any atom is 0.161 e. The molecule has 0 saturated heterocycles. The third kappa shape index (κ3) is 7.85. The molecule has 0 aromatic heterocycles. The number of aromatic hydroxyl groups is 1. The smallest absolute Gasteiger partial charge is 0.161 e. The summed E-state index contributed by atoms with van der Waals surface area (Å²) in [6.07, 6.45) is 1.75. The average molecular weight is 500 g/mol. The molecule has 0 saturated carbocycles. The summed E-state index contributed by atoms with van der Waals surface area (Å²) >= 11 is 0. The van der Waals surface area contributed by atoms with Gasteiger partial charge in [0.15, 0.2) is 23.0 Å². The van der Waals surface area contributed by atoms with Crippen LogP contribution in [-0.4, -0.2) is 30.6 Å². The van der Waals surface area contributed by atoms with Crippen LogP contribution in [0.15, 0.2) is 89.9 Å². The van der Waals surface area contributed by atoms with E-state index in [0.29, 0.717) is 23.9 Å². The molecule has 0 fully saturated rings. The molecule has 4 rings (SSSR count). The van der Waals surface area contributed by atoms with Gasteiger partial charge in [-0.25, -0.2) is 0 Å². The lowest BCUT2D eigenvalue weighted by Gasteiger charge is -2.12. The lowest BCUT2D eigenvalue weighted by atomic mass is 10.1. The zero-order chi connectivity index (χ0) is 26.6. The number of hydrogen-bond donors (Lipinski definition) is 2. The van der Waals surface area contributed by atoms with Crippen LogP contribution in [0.2, 0.25) is 0 Å². The van der Waals surface area contributed by atoms with Gasteiger partial charge in [-0.2, -0.15) is 0 Å². The number of aryl methyl sites for hydroxylation is 2. The number of nitrogens with zero attached hydrogens (tertiary/aromatic N) is 1. The molecule has 0 radical (unpaired) electrons. The van der Waals surface area contributed by atoms with Crippen molar-refractivity contribution in [3.05, 3.63) is 113 Å². The quantitative estimate of drug-likeness (QED) is 0.269. The van der Waals surface area contributed by atoms with Crippen LogP contribution in [0.3, 0.4) is 0 Å². The highest BCUT2D eigenvalue weighted by molar-refractivity contribution is 5.83. The van der Waals surface area contributed by atoms with Crippen molar-refractivity contribution in [1.29, 1.82) is 0 Å². The number of aliphatic hydroxyl groups excluding tert-OH is 1. The van der Waals surface area contributed by atoms with E-state index >= 15 is 0 Å². The van der Waals surface area contributed by atoms with E-state index in [2.05, 4.69) is 18.0 Å². The molecule has 2 N–H and O–H groups in total. The fourth-order valence-electron chi connectivity index (χ4n) is 3.48. The van der Waals surface area contributed by atoms with Crippen molar-refractivity contribution in [2.45, 2.75) is 27.1 Å². The SMILES string of the molecule is COc1cc(C=Nc2ccccc2C)ccc1O.COc1cc(CO)ccc1OCc1ccccc1C. The van der Waals surface area contributed by atoms with Gasteiger partial charge in [0.2, 0.25) is 0 Å². The van der Waals surface area contributed by atoms with Crippen LogP contribution >= 0.6 is 0 Å². The van der Waals surface area contributed by atoms with Crippen LogP contribution in [0.4, 0.5) is 5.69 Å². The molecule has 192 valence electrons. The molecule has 4 aromatic carbocycles. The lowest BCUT2D eigenvalue weighted by molar-refractivity contribution is 0.274. The van der Waals surface area contributed by atoms with Crippen LogP contribution in [0, 0.1) is 13.8 Å². The Hall–Kier alpha value is -4.29. The standard InChI is InChI=1S/C16H18O3.C15H15NO2/c1-12-5-3-4-6-14(12)11-19-15-8-7-13(10-17)9-16(15)18-2;1-11-5-3-4-6-13(11)16-10-12-7-8-14(17)15(9-12)18-2/h3-9,17H,10-11H2,1-2H3;3-10,17H,1-2H3. The normalized spacial score (nSPS) is 10.5. The molecule has 0 spiro atoms. The second kappa shape index (κ2) is 13.7. The van der Waals surface area contributed by atoms with Gasteiger partial charge in [0.25, 0.3) is 0 Å². The summed E-state index contributed by atoms with van der Waals surface area (Å²) in [6, 6.07) is 26.6. The molecule has 0 bridgehead atoms. The van der Waals surface area contributed by atoms with Crippen LogP contribution in [0.5, 0.6) is 23.0 Å². The number of ether oxygens (including phenoxy) is 3. The zero-order valence-corrected chi connectivity index (χ0v) is 21.6. The second-order valence-corrected chi connectivity index (χ2v) is 8.33. The number of para-hydroxylation sites is 1. The van der Waals surface area contributed by atoms with E-state index < -0.39 is 0 Å². The molecule has 37 heavy (non-hydrogen) atoms. The molecule has 0 atom stereocenters. The number of aliphatic hydroxyl groups is 1. The number of phenolic OH excluding ortho intramolecular Hbond substituents is 1. The maximum atomic E-state index is 9.49. The topological polar surface area (TPSA) is 80.5 Å². The summed E-state index contributed by atoms with van der Waals surface area (Å²) in [5.41, 5.74) is 6.10. The minimum absolute atomic E-state index is 0.00552. The van der Waals surface area contributed by atoms with Crippen LogP contribution in [-0.2, 0) is 13.2 Å². The van der Waals surface area contributed by atoms with Crippen LogP contribution in [0.25, 0.3) is 0 Å². The van der Waals surface area contributed by atoms with Gasteiger partial charge in [0.1, 0.15) is 6.61 Å². The Bertz CT molecular complexity index is 1330. The van der Waals surface area contributed by atoms with E-state index in [1.807, 2.05) is 61.5 Å². The van der Waals surface area contributed by atoms with E-state index in [0.717, 1.165) is 27.9 Å². The summed E-state index contributed by atoms with van der Waals surface area (Å²) < 4.78 is 16.1. The highest BCUT2D eigenvalue weighted by Crippen LogP contribution is 2.29. The lowest BCUT2D eigenvalue weighted by Crippen LogP contribution is -2.00. The summed E-state index contributed by atoms with van der Waals surface area (Å²) in [5, 5.41) is 18.6. The molecule has 0 unspecified atom stereocenters. The van der Waals surface area contributed by atoms with Gasteiger partial charge in [-0.3, -0.25) is 4.99 Å². The second-order valence-electron chi connectivity index (χ2n) is 8.33. The summed E-state index contributed by atoms with van der Waals surface area (Å²) in [4.78, 5) is 4.42. The molecule has 0 aliphatic heterocycles. The van der Waals surface area contributed by atoms with Crippen molar-refractivity contribution in [3.8, 4) is 23.0 Å². The van der Waals surface area contributed by atoms with Gasteiger partial charge in [-0.15, -0.1) is 0 Å². The van der Waals surface area contributed by atoms with Crippen LogP contribution < -0.4 is 14.2 Å². The van der Waals surface area contributed by atoms with Gasteiger partial charge in [0.05, 0.1) is 26.5 Å². The Labute approximate surface area is 218 Å². The summed E-state index contributed by atoms with van der Waals surface area (Å²) in [7, 11) is 3.12. The first kappa shape index (κ1) is 27.3. The summed E-state index contributed by atoms with van der Waals surface area (Å²) in [5.74, 6) is 1.90. The molecule has 0 aliphatic carbocycles. The van der Waals surface area contributed by atoms with E-state index in [9.17, 15) is 5.11 Å². The Morgan fingerprint density at radius 2 is 1.46 bits per heavy atom. The van der Waals surface area contributed by atoms with Gasteiger partial charge < -0.3 is 24.4 Å². The van der Waals surface area contributed by atoms with Crippen molar-refractivity contribution in [3.63, 3.8) is 0 Å². The fourth-order valence-corrected chi connectivity index (χ4v) is 3.48. The first-order valence-corrected chi connectivity index (χ1v) is 11.9. The number of phenols is 1. The van der Waals surface area contributed by atoms with Crippen molar-refractivity contribution < 1.29 is 24.4 Å². The van der Waals surface area contributed by atoms with Gasteiger partial charge in [-0.1, -0.05) is 48.5 Å². The van der Waals surface area contributed by atoms with E-state index in [1.165, 1.54) is 12.7 Å². The molecule has 0 amide bonds. The van der Waals surface area contributed by atoms with Gasteiger partial charge >= 0.3 is 0 Å². The Morgan fingerprint density at radius 1 is 0.757 bits per heavy atom.